The highest BCUT2D eigenvalue weighted by Gasteiger charge is 2.12. The minimum absolute atomic E-state index is 0.251. The van der Waals surface area contributed by atoms with E-state index in [1.165, 1.54) is 12.1 Å². The quantitative estimate of drug-likeness (QED) is 0.568. The lowest BCUT2D eigenvalue weighted by Gasteiger charge is -2.10. The minimum Gasteiger partial charge on any atom is -0.480 e. The van der Waals surface area contributed by atoms with Crippen molar-refractivity contribution < 1.29 is 18.7 Å². The van der Waals surface area contributed by atoms with Crippen LogP contribution >= 0.6 is 11.6 Å². The maximum atomic E-state index is 11.7. The molecule has 0 N–H and O–H groups in total. The van der Waals surface area contributed by atoms with Crippen molar-refractivity contribution in [2.75, 3.05) is 13.2 Å². The zero-order valence-electron chi connectivity index (χ0n) is 13.2. The maximum Gasteiger partial charge on any atom is 0.344 e. The summed E-state index contributed by atoms with van der Waals surface area (Å²) in [6.45, 7) is 3.83. The van der Waals surface area contributed by atoms with Crippen LogP contribution in [0.1, 0.15) is 32.3 Å². The number of halogens is 1. The van der Waals surface area contributed by atoms with Gasteiger partial charge in [-0.1, -0.05) is 24.9 Å². The van der Waals surface area contributed by atoms with Crippen LogP contribution in [0.2, 0.25) is 5.02 Å². The lowest BCUT2D eigenvalue weighted by Crippen LogP contribution is -2.14. The first-order valence-corrected chi connectivity index (χ1v) is 7.97. The fraction of sp³-hybridized carbons (Fsp3) is 0.412. The SMILES string of the molecule is CCCCc1cc(=O)oc2cc(OCC(=O)OCC)c(Cl)cc12. The topological polar surface area (TPSA) is 65.7 Å². The van der Waals surface area contributed by atoms with E-state index in [9.17, 15) is 9.59 Å². The van der Waals surface area contributed by atoms with Gasteiger partial charge in [-0.3, -0.25) is 0 Å². The van der Waals surface area contributed by atoms with Crippen LogP contribution < -0.4 is 10.4 Å². The number of hydrogen-bond acceptors (Lipinski definition) is 5. The first-order chi connectivity index (χ1) is 11.0. The fourth-order valence-electron chi connectivity index (χ4n) is 2.25. The molecule has 0 aliphatic rings. The third-order valence-electron chi connectivity index (χ3n) is 3.33. The van der Waals surface area contributed by atoms with Crippen LogP contribution in [0.25, 0.3) is 11.0 Å². The van der Waals surface area contributed by atoms with E-state index in [4.69, 9.17) is 25.5 Å². The lowest BCUT2D eigenvalue weighted by molar-refractivity contribution is -0.145. The number of unbranched alkanes of at least 4 members (excludes halogenated alkanes) is 1. The van der Waals surface area contributed by atoms with Crippen LogP contribution in [-0.4, -0.2) is 19.2 Å². The van der Waals surface area contributed by atoms with Gasteiger partial charge in [0.05, 0.1) is 11.6 Å². The number of rotatable bonds is 7. The van der Waals surface area contributed by atoms with Gasteiger partial charge in [0.2, 0.25) is 0 Å². The van der Waals surface area contributed by atoms with Crippen LogP contribution in [0.15, 0.2) is 27.4 Å². The highest BCUT2D eigenvalue weighted by Crippen LogP contribution is 2.31. The molecule has 23 heavy (non-hydrogen) atoms. The Labute approximate surface area is 139 Å². The fourth-order valence-corrected chi connectivity index (χ4v) is 2.47. The zero-order chi connectivity index (χ0) is 16.8. The van der Waals surface area contributed by atoms with Crippen molar-refractivity contribution in [2.45, 2.75) is 33.1 Å². The molecule has 0 atom stereocenters. The number of fused-ring (bicyclic) bond motifs is 1. The molecule has 124 valence electrons. The summed E-state index contributed by atoms with van der Waals surface area (Å²) in [5.74, 6) is -0.204. The minimum atomic E-state index is -0.484. The van der Waals surface area contributed by atoms with Gasteiger partial charge in [0.1, 0.15) is 11.3 Å². The number of aryl methyl sites for hydroxylation is 1. The smallest absolute Gasteiger partial charge is 0.344 e. The molecule has 0 unspecified atom stereocenters. The van der Waals surface area contributed by atoms with E-state index < -0.39 is 11.6 Å². The molecule has 2 rings (SSSR count). The molecular weight excluding hydrogens is 320 g/mol. The normalized spacial score (nSPS) is 10.7. The Bertz CT molecular complexity index is 750. The Hall–Kier alpha value is -2.01. The van der Waals surface area contributed by atoms with Gasteiger partial charge in [-0.15, -0.1) is 0 Å². The van der Waals surface area contributed by atoms with Gasteiger partial charge in [-0.25, -0.2) is 9.59 Å². The molecule has 0 aliphatic heterocycles. The van der Waals surface area contributed by atoms with E-state index in [2.05, 4.69) is 6.92 Å². The molecule has 0 spiro atoms. The Morgan fingerprint density at radius 2 is 2.04 bits per heavy atom. The molecule has 1 aromatic carbocycles. The second-order valence-electron chi connectivity index (χ2n) is 5.07. The zero-order valence-corrected chi connectivity index (χ0v) is 13.9. The van der Waals surface area contributed by atoms with Crippen molar-refractivity contribution in [1.82, 2.24) is 0 Å². The van der Waals surface area contributed by atoms with Crippen LogP contribution in [-0.2, 0) is 16.0 Å². The van der Waals surface area contributed by atoms with Gasteiger partial charge >= 0.3 is 11.6 Å². The van der Waals surface area contributed by atoms with Crippen molar-refractivity contribution in [3.63, 3.8) is 0 Å². The molecule has 2 aromatic rings. The van der Waals surface area contributed by atoms with Crippen LogP contribution in [0.5, 0.6) is 5.75 Å². The van der Waals surface area contributed by atoms with E-state index >= 15 is 0 Å². The molecule has 0 radical (unpaired) electrons. The molecule has 0 fully saturated rings. The third-order valence-corrected chi connectivity index (χ3v) is 3.63. The van der Waals surface area contributed by atoms with Gasteiger partial charge < -0.3 is 13.9 Å². The third kappa shape index (κ3) is 4.48. The van der Waals surface area contributed by atoms with E-state index in [0.717, 1.165) is 30.2 Å². The van der Waals surface area contributed by atoms with E-state index in [-0.39, 0.29) is 19.0 Å². The molecule has 0 amide bonds. The molecule has 0 aliphatic carbocycles. The number of benzene rings is 1. The van der Waals surface area contributed by atoms with Crippen LogP contribution in [0.4, 0.5) is 0 Å². The summed E-state index contributed by atoms with van der Waals surface area (Å²) in [6, 6.07) is 4.73. The second-order valence-corrected chi connectivity index (χ2v) is 5.47. The number of ether oxygens (including phenoxy) is 2. The van der Waals surface area contributed by atoms with Crippen LogP contribution in [0.3, 0.4) is 0 Å². The average molecular weight is 339 g/mol. The largest absolute Gasteiger partial charge is 0.480 e. The summed E-state index contributed by atoms with van der Waals surface area (Å²) in [6.07, 6.45) is 2.77. The lowest BCUT2D eigenvalue weighted by atomic mass is 10.0. The summed E-state index contributed by atoms with van der Waals surface area (Å²) < 4.78 is 15.4. The predicted octanol–water partition coefficient (Wildman–Crippen LogP) is 3.73. The summed E-state index contributed by atoms with van der Waals surface area (Å²) >= 11 is 6.21. The molecule has 0 saturated heterocycles. The highest BCUT2D eigenvalue weighted by atomic mass is 35.5. The summed E-state index contributed by atoms with van der Waals surface area (Å²) in [7, 11) is 0. The first-order valence-electron chi connectivity index (χ1n) is 7.59. The molecule has 0 bridgehead atoms. The van der Waals surface area contributed by atoms with Crippen molar-refractivity contribution in [1.29, 1.82) is 0 Å². The Balaban J connectivity index is 2.33. The Kier molecular flexibility index (Phi) is 6.04. The number of esters is 1. The van der Waals surface area contributed by atoms with Gasteiger partial charge in [0.15, 0.2) is 6.61 Å². The molecule has 1 aromatic heterocycles. The van der Waals surface area contributed by atoms with E-state index in [1.807, 2.05) is 0 Å². The van der Waals surface area contributed by atoms with E-state index in [1.54, 1.807) is 13.0 Å². The Morgan fingerprint density at radius 3 is 2.74 bits per heavy atom. The van der Waals surface area contributed by atoms with Crippen molar-refractivity contribution in [3.8, 4) is 5.75 Å². The number of hydrogen-bond donors (Lipinski definition) is 0. The van der Waals surface area contributed by atoms with Crippen LogP contribution in [0, 0.1) is 0 Å². The monoisotopic (exact) mass is 338 g/mol. The standard InChI is InChI=1S/C17H19ClO5/c1-3-5-6-11-7-16(19)23-14-9-15(13(18)8-12(11)14)22-10-17(20)21-4-2/h7-9H,3-6,10H2,1-2H3. The van der Waals surface area contributed by atoms with Gasteiger partial charge in [-0.05, 0) is 31.4 Å². The number of carbonyl (C=O) groups is 1. The molecule has 5 nitrogen and oxygen atoms in total. The van der Waals surface area contributed by atoms with Crippen molar-refractivity contribution in [3.05, 3.63) is 39.2 Å². The maximum absolute atomic E-state index is 11.7. The summed E-state index contributed by atoms with van der Waals surface area (Å²) in [4.78, 5) is 23.1. The van der Waals surface area contributed by atoms with Gasteiger partial charge in [-0.2, -0.15) is 0 Å². The van der Waals surface area contributed by atoms with Crippen molar-refractivity contribution >= 4 is 28.5 Å². The summed E-state index contributed by atoms with van der Waals surface area (Å²) in [5.41, 5.74) is 0.881. The molecule has 6 heteroatoms. The Morgan fingerprint density at radius 1 is 1.26 bits per heavy atom. The van der Waals surface area contributed by atoms with Gasteiger partial charge in [0, 0.05) is 17.5 Å². The predicted molar refractivity (Wildman–Crippen MR) is 88.2 cm³/mol. The van der Waals surface area contributed by atoms with Gasteiger partial charge in [0.25, 0.3) is 0 Å². The highest BCUT2D eigenvalue weighted by molar-refractivity contribution is 6.32. The molecule has 1 heterocycles. The molecule has 0 saturated carbocycles. The van der Waals surface area contributed by atoms with Crippen molar-refractivity contribution in [2.24, 2.45) is 0 Å². The summed E-state index contributed by atoms with van der Waals surface area (Å²) in [5, 5.41) is 1.14. The number of carbonyl (C=O) groups excluding carboxylic acids is 1. The average Bonchev–Trinajstić information content (AvgIpc) is 2.51. The first kappa shape index (κ1) is 17.3. The molecular formula is C17H19ClO5. The second kappa shape index (κ2) is 8.02. The van der Waals surface area contributed by atoms with E-state index in [0.29, 0.717) is 10.6 Å².